The maximum atomic E-state index is 5.79. The number of rotatable bonds is 7. The predicted molar refractivity (Wildman–Crippen MR) is 58.2 cm³/mol. The number of hydrogen-bond donors (Lipinski definition) is 1. The highest BCUT2D eigenvalue weighted by Gasteiger charge is 2.37. The van der Waals surface area contributed by atoms with E-state index in [4.69, 9.17) is 15.2 Å². The van der Waals surface area contributed by atoms with Crippen molar-refractivity contribution in [3.63, 3.8) is 0 Å². The van der Waals surface area contributed by atoms with Crippen molar-refractivity contribution in [1.82, 2.24) is 4.90 Å². The second-order valence-corrected chi connectivity index (χ2v) is 3.79. The van der Waals surface area contributed by atoms with Gasteiger partial charge in [-0.3, -0.25) is 4.90 Å². The van der Waals surface area contributed by atoms with Crippen LogP contribution in [0.5, 0.6) is 0 Å². The Morgan fingerprint density at radius 2 is 1.86 bits per heavy atom. The van der Waals surface area contributed by atoms with Gasteiger partial charge in [-0.1, -0.05) is 6.92 Å². The Morgan fingerprint density at radius 3 is 2.14 bits per heavy atom. The van der Waals surface area contributed by atoms with Crippen LogP contribution >= 0.6 is 0 Å². The van der Waals surface area contributed by atoms with Gasteiger partial charge >= 0.3 is 0 Å². The van der Waals surface area contributed by atoms with Crippen molar-refractivity contribution in [2.75, 3.05) is 34.4 Å². The molecule has 0 rings (SSSR count). The first-order chi connectivity index (χ1) is 6.56. The molecule has 86 valence electrons. The number of hydrogen-bond acceptors (Lipinski definition) is 4. The third-order valence-corrected chi connectivity index (χ3v) is 2.78. The van der Waals surface area contributed by atoms with E-state index in [1.807, 2.05) is 7.05 Å². The lowest BCUT2D eigenvalue weighted by molar-refractivity contribution is -0.177. The van der Waals surface area contributed by atoms with E-state index < -0.39 is 0 Å². The summed E-state index contributed by atoms with van der Waals surface area (Å²) >= 11 is 0. The number of nitrogens with two attached hydrogens (primary N) is 1. The molecule has 1 atom stereocenters. The van der Waals surface area contributed by atoms with Crippen LogP contribution < -0.4 is 5.73 Å². The normalized spacial score (nSPS) is 16.3. The summed E-state index contributed by atoms with van der Waals surface area (Å²) in [4.78, 5) is 2.19. The number of methoxy groups -OCH3 is 2. The van der Waals surface area contributed by atoms with Gasteiger partial charge in [0.1, 0.15) is 0 Å². The van der Waals surface area contributed by atoms with Gasteiger partial charge in [0.05, 0.1) is 5.54 Å². The predicted octanol–water partition coefficient (Wildman–Crippen LogP) is 0.665. The minimum absolute atomic E-state index is 0.264. The topological polar surface area (TPSA) is 47.7 Å². The Bertz CT molecular complexity index is 151. The number of ether oxygens (including phenoxy) is 2. The van der Waals surface area contributed by atoms with Gasteiger partial charge in [0.25, 0.3) is 0 Å². The summed E-state index contributed by atoms with van der Waals surface area (Å²) in [6.07, 6.45) is 0.802. The average molecular weight is 204 g/mol. The number of nitrogens with zero attached hydrogens (tertiary/aromatic N) is 1. The van der Waals surface area contributed by atoms with Crippen molar-refractivity contribution in [2.45, 2.75) is 32.1 Å². The summed E-state index contributed by atoms with van der Waals surface area (Å²) in [7, 11) is 5.32. The molecule has 0 aromatic rings. The van der Waals surface area contributed by atoms with Crippen molar-refractivity contribution >= 4 is 0 Å². The minimum Gasteiger partial charge on any atom is -0.354 e. The molecule has 0 spiro atoms. The van der Waals surface area contributed by atoms with Crippen LogP contribution in [0.25, 0.3) is 0 Å². The first kappa shape index (κ1) is 13.8. The van der Waals surface area contributed by atoms with Crippen LogP contribution in [0.4, 0.5) is 0 Å². The third kappa shape index (κ3) is 2.92. The van der Waals surface area contributed by atoms with E-state index in [9.17, 15) is 0 Å². The zero-order valence-corrected chi connectivity index (χ0v) is 10.0. The molecule has 0 aliphatic heterocycles. The molecule has 0 saturated carbocycles. The van der Waals surface area contributed by atoms with E-state index in [-0.39, 0.29) is 11.8 Å². The molecule has 0 aliphatic carbocycles. The summed E-state index contributed by atoms with van der Waals surface area (Å²) < 4.78 is 10.6. The summed E-state index contributed by atoms with van der Waals surface area (Å²) in [5.74, 6) is 0. The monoisotopic (exact) mass is 204 g/mol. The van der Waals surface area contributed by atoms with Crippen LogP contribution in [0.3, 0.4) is 0 Å². The van der Waals surface area contributed by atoms with Crippen LogP contribution in [0.2, 0.25) is 0 Å². The summed E-state index contributed by atoms with van der Waals surface area (Å²) in [5, 5.41) is 0. The summed E-state index contributed by atoms with van der Waals surface area (Å²) in [5.41, 5.74) is 5.52. The van der Waals surface area contributed by atoms with Gasteiger partial charge in [-0.25, -0.2) is 0 Å². The van der Waals surface area contributed by atoms with Crippen molar-refractivity contribution in [1.29, 1.82) is 0 Å². The molecule has 0 saturated heterocycles. The molecule has 0 fully saturated rings. The molecule has 0 amide bonds. The van der Waals surface area contributed by atoms with E-state index in [2.05, 4.69) is 18.7 Å². The molecule has 0 radical (unpaired) electrons. The van der Waals surface area contributed by atoms with Crippen LogP contribution in [0.1, 0.15) is 20.3 Å². The average Bonchev–Trinajstić information content (AvgIpc) is 2.19. The smallest absolute Gasteiger partial charge is 0.176 e. The van der Waals surface area contributed by atoms with Gasteiger partial charge in [-0.05, 0) is 26.9 Å². The number of likely N-dealkylation sites (N-methyl/N-ethyl adjacent to an activating group) is 1. The molecule has 0 aromatic heterocycles. The fourth-order valence-electron chi connectivity index (χ4n) is 1.63. The Balaban J connectivity index is 4.57. The SMILES string of the molecule is CCCN(C)C(C)(CN)C(OC)OC. The van der Waals surface area contributed by atoms with Crippen LogP contribution in [-0.4, -0.2) is 51.1 Å². The Labute approximate surface area is 87.4 Å². The lowest BCUT2D eigenvalue weighted by Gasteiger charge is -2.42. The van der Waals surface area contributed by atoms with E-state index >= 15 is 0 Å². The quantitative estimate of drug-likeness (QED) is 0.619. The van der Waals surface area contributed by atoms with Crippen LogP contribution in [0.15, 0.2) is 0 Å². The highest BCUT2D eigenvalue weighted by molar-refractivity contribution is 4.89. The van der Waals surface area contributed by atoms with E-state index in [0.717, 1.165) is 13.0 Å². The fraction of sp³-hybridized carbons (Fsp3) is 1.00. The highest BCUT2D eigenvalue weighted by atomic mass is 16.7. The molecular formula is C10H24N2O2. The van der Waals surface area contributed by atoms with Crippen molar-refractivity contribution < 1.29 is 9.47 Å². The standard InChI is InChI=1S/C10H24N2O2/c1-6-7-12(3)10(2,8-11)9(13-4)14-5/h9H,6-8,11H2,1-5H3. The van der Waals surface area contributed by atoms with Gasteiger partial charge in [-0.15, -0.1) is 0 Å². The van der Waals surface area contributed by atoms with Gasteiger partial charge in [0.15, 0.2) is 6.29 Å². The molecule has 0 bridgehead atoms. The Morgan fingerprint density at radius 1 is 1.36 bits per heavy atom. The molecule has 0 aliphatic rings. The van der Waals surface area contributed by atoms with Gasteiger partial charge in [-0.2, -0.15) is 0 Å². The van der Waals surface area contributed by atoms with Crippen molar-refractivity contribution in [3.8, 4) is 0 Å². The van der Waals surface area contributed by atoms with Gasteiger partial charge in [0.2, 0.25) is 0 Å². The molecule has 2 N–H and O–H groups in total. The fourth-order valence-corrected chi connectivity index (χ4v) is 1.63. The lowest BCUT2D eigenvalue weighted by atomic mass is 9.99. The largest absolute Gasteiger partial charge is 0.354 e. The minimum atomic E-state index is -0.288. The Kier molecular flexibility index (Phi) is 6.27. The molecular weight excluding hydrogens is 180 g/mol. The molecule has 0 heterocycles. The Hall–Kier alpha value is -0.160. The second kappa shape index (κ2) is 6.35. The van der Waals surface area contributed by atoms with E-state index in [0.29, 0.717) is 6.54 Å². The second-order valence-electron chi connectivity index (χ2n) is 3.79. The van der Waals surface area contributed by atoms with E-state index in [1.165, 1.54) is 0 Å². The first-order valence-corrected chi connectivity index (χ1v) is 5.03. The van der Waals surface area contributed by atoms with Crippen LogP contribution in [-0.2, 0) is 9.47 Å². The zero-order valence-electron chi connectivity index (χ0n) is 10.0. The first-order valence-electron chi connectivity index (χ1n) is 5.03. The van der Waals surface area contributed by atoms with Crippen LogP contribution in [0, 0.1) is 0 Å². The maximum absolute atomic E-state index is 5.79. The maximum Gasteiger partial charge on any atom is 0.176 e. The highest BCUT2D eigenvalue weighted by Crippen LogP contribution is 2.20. The molecule has 4 nitrogen and oxygen atoms in total. The zero-order chi connectivity index (χ0) is 11.2. The van der Waals surface area contributed by atoms with E-state index in [1.54, 1.807) is 14.2 Å². The molecule has 1 unspecified atom stereocenters. The van der Waals surface area contributed by atoms with Crippen molar-refractivity contribution in [3.05, 3.63) is 0 Å². The molecule has 0 aromatic carbocycles. The third-order valence-electron chi connectivity index (χ3n) is 2.78. The lowest BCUT2D eigenvalue weighted by Crippen LogP contribution is -2.59. The summed E-state index contributed by atoms with van der Waals surface area (Å²) in [6.45, 7) is 5.69. The molecule has 14 heavy (non-hydrogen) atoms. The van der Waals surface area contributed by atoms with Gasteiger partial charge < -0.3 is 15.2 Å². The van der Waals surface area contributed by atoms with Crippen molar-refractivity contribution in [2.24, 2.45) is 5.73 Å². The summed E-state index contributed by atoms with van der Waals surface area (Å²) in [6, 6.07) is 0. The van der Waals surface area contributed by atoms with Gasteiger partial charge in [0, 0.05) is 20.8 Å². The molecule has 4 heteroatoms.